The summed E-state index contributed by atoms with van der Waals surface area (Å²) >= 11 is 0. The first kappa shape index (κ1) is 29.9. The number of hydrogen-bond donors (Lipinski definition) is 4. The lowest BCUT2D eigenvalue weighted by atomic mass is 9.76. The standard InChI is InChI=1S/C17H19NO4.C16H19N5/c1-12-14(15(19)20)8-5-10-17(12,16(21)22)18-11-9-13-6-3-2-4-7-13;1-2-7-20(6-1)8-5-13-10-17-16-4-3-14(9-15(13)16)21-11-18-19-12-21/h2-8,10,12,18H,9,11H2,1H3,(H,19,20)(H,21,22);3-4,9-12,17H,1-2,5-8H2. The lowest BCUT2D eigenvalue weighted by molar-refractivity contribution is -0.144. The number of carboxylic acids is 2. The maximum atomic E-state index is 11.8. The second-order valence-electron chi connectivity index (χ2n) is 11.1. The third-order valence-electron chi connectivity index (χ3n) is 8.42. The number of hydrogen-bond acceptors (Lipinski definition) is 6. The van der Waals surface area contributed by atoms with Gasteiger partial charge in [-0.3, -0.25) is 9.88 Å². The minimum absolute atomic E-state index is 0.0945. The van der Waals surface area contributed by atoms with Gasteiger partial charge in [-0.2, -0.15) is 0 Å². The second-order valence-corrected chi connectivity index (χ2v) is 11.1. The highest BCUT2D eigenvalue weighted by Crippen LogP contribution is 2.31. The number of benzene rings is 2. The van der Waals surface area contributed by atoms with Gasteiger partial charge in [0.2, 0.25) is 0 Å². The fourth-order valence-electron chi connectivity index (χ4n) is 5.85. The highest BCUT2D eigenvalue weighted by Gasteiger charge is 2.45. The van der Waals surface area contributed by atoms with E-state index in [1.165, 1.54) is 60.6 Å². The zero-order chi connectivity index (χ0) is 30.2. The lowest BCUT2D eigenvalue weighted by Crippen LogP contribution is -2.57. The Morgan fingerprint density at radius 2 is 1.79 bits per heavy atom. The number of H-pyrrole nitrogens is 1. The van der Waals surface area contributed by atoms with E-state index in [1.807, 2.05) is 34.9 Å². The van der Waals surface area contributed by atoms with E-state index in [0.29, 0.717) is 13.0 Å². The smallest absolute Gasteiger partial charge is 0.331 e. The molecular formula is C33H38N6O4. The monoisotopic (exact) mass is 582 g/mol. The Morgan fingerprint density at radius 1 is 1.05 bits per heavy atom. The van der Waals surface area contributed by atoms with Gasteiger partial charge in [0.1, 0.15) is 18.2 Å². The summed E-state index contributed by atoms with van der Waals surface area (Å²) in [6.07, 6.45) is 14.6. The first-order chi connectivity index (χ1) is 20.9. The Kier molecular flexibility index (Phi) is 9.48. The summed E-state index contributed by atoms with van der Waals surface area (Å²) in [4.78, 5) is 28.9. The fraction of sp³-hybridized carbons (Fsp3) is 0.333. The number of fused-ring (bicyclic) bond motifs is 1. The molecule has 0 spiro atoms. The van der Waals surface area contributed by atoms with Crippen LogP contribution in [-0.4, -0.2) is 78.5 Å². The molecule has 1 aliphatic carbocycles. The van der Waals surface area contributed by atoms with Gasteiger partial charge in [-0.25, -0.2) is 9.59 Å². The fourth-order valence-corrected chi connectivity index (χ4v) is 5.85. The molecule has 2 aliphatic rings. The van der Waals surface area contributed by atoms with E-state index in [0.717, 1.165) is 24.2 Å². The molecule has 224 valence electrons. The molecule has 3 heterocycles. The van der Waals surface area contributed by atoms with Gasteiger partial charge in [-0.15, -0.1) is 10.2 Å². The van der Waals surface area contributed by atoms with E-state index in [9.17, 15) is 19.8 Å². The number of aromatic nitrogens is 4. The quantitative estimate of drug-likeness (QED) is 0.218. The van der Waals surface area contributed by atoms with Gasteiger partial charge in [0.25, 0.3) is 0 Å². The number of aromatic amines is 1. The Hall–Kier alpha value is -4.54. The van der Waals surface area contributed by atoms with Crippen LogP contribution < -0.4 is 5.32 Å². The maximum absolute atomic E-state index is 11.8. The van der Waals surface area contributed by atoms with Crippen LogP contribution in [0.2, 0.25) is 0 Å². The van der Waals surface area contributed by atoms with Crippen LogP contribution in [0.25, 0.3) is 16.6 Å². The Balaban J connectivity index is 0.000000171. The number of nitrogens with zero attached hydrogens (tertiary/aromatic N) is 4. The van der Waals surface area contributed by atoms with Crippen molar-refractivity contribution in [2.75, 3.05) is 26.2 Å². The zero-order valence-corrected chi connectivity index (χ0v) is 24.3. The Labute approximate surface area is 250 Å². The van der Waals surface area contributed by atoms with Crippen LogP contribution in [0, 0.1) is 5.92 Å². The van der Waals surface area contributed by atoms with Crippen LogP contribution in [-0.2, 0) is 22.4 Å². The molecule has 2 unspecified atom stereocenters. The maximum Gasteiger partial charge on any atom is 0.331 e. The molecule has 6 rings (SSSR count). The molecule has 1 fully saturated rings. The van der Waals surface area contributed by atoms with Crippen molar-refractivity contribution >= 4 is 22.8 Å². The predicted molar refractivity (Wildman–Crippen MR) is 165 cm³/mol. The average molecular weight is 583 g/mol. The van der Waals surface area contributed by atoms with E-state index in [2.05, 4.69) is 49.8 Å². The molecule has 1 aliphatic heterocycles. The molecule has 0 bridgehead atoms. The predicted octanol–water partition coefficient (Wildman–Crippen LogP) is 4.25. The van der Waals surface area contributed by atoms with Crippen molar-refractivity contribution in [3.63, 3.8) is 0 Å². The molecule has 0 saturated carbocycles. The molecule has 1 saturated heterocycles. The summed E-state index contributed by atoms with van der Waals surface area (Å²) in [5, 5.41) is 30.9. The van der Waals surface area contributed by atoms with Crippen LogP contribution in [0.5, 0.6) is 0 Å². The number of likely N-dealkylation sites (tertiary alicyclic amines) is 1. The average Bonchev–Trinajstić information content (AvgIpc) is 3.80. The minimum Gasteiger partial charge on any atom is -0.480 e. The van der Waals surface area contributed by atoms with E-state index >= 15 is 0 Å². The number of rotatable bonds is 10. The molecule has 43 heavy (non-hydrogen) atoms. The highest BCUT2D eigenvalue weighted by atomic mass is 16.4. The van der Waals surface area contributed by atoms with Crippen molar-refractivity contribution in [2.24, 2.45) is 5.92 Å². The zero-order valence-electron chi connectivity index (χ0n) is 24.3. The van der Waals surface area contributed by atoms with Crippen molar-refractivity contribution in [3.05, 3.63) is 102 Å². The number of allylic oxidation sites excluding steroid dienone is 2. The van der Waals surface area contributed by atoms with E-state index in [1.54, 1.807) is 19.6 Å². The molecule has 4 N–H and O–H groups in total. The Morgan fingerprint density at radius 3 is 2.49 bits per heavy atom. The second kappa shape index (κ2) is 13.6. The van der Waals surface area contributed by atoms with Gasteiger partial charge in [-0.1, -0.05) is 55.5 Å². The van der Waals surface area contributed by atoms with Gasteiger partial charge in [0, 0.05) is 47.4 Å². The van der Waals surface area contributed by atoms with E-state index < -0.39 is 23.4 Å². The summed E-state index contributed by atoms with van der Waals surface area (Å²) in [7, 11) is 0. The van der Waals surface area contributed by atoms with Gasteiger partial charge >= 0.3 is 11.9 Å². The van der Waals surface area contributed by atoms with Crippen molar-refractivity contribution in [1.29, 1.82) is 0 Å². The van der Waals surface area contributed by atoms with Crippen molar-refractivity contribution in [1.82, 2.24) is 30.0 Å². The SMILES string of the molecule is CC1C(C(=O)O)=CC=CC1(NCCc1ccccc1)C(=O)O.c1cc2[nH]cc(CCN3CCCC3)c2cc1-n1cnnc1. The first-order valence-corrected chi connectivity index (χ1v) is 14.7. The van der Waals surface area contributed by atoms with Crippen LogP contribution in [0.1, 0.15) is 30.9 Å². The topological polar surface area (TPSA) is 136 Å². The van der Waals surface area contributed by atoms with Gasteiger partial charge in [-0.05, 0) is 68.1 Å². The summed E-state index contributed by atoms with van der Waals surface area (Å²) in [6, 6.07) is 16.2. The van der Waals surface area contributed by atoms with E-state index in [4.69, 9.17) is 0 Å². The molecule has 10 nitrogen and oxygen atoms in total. The largest absolute Gasteiger partial charge is 0.480 e. The van der Waals surface area contributed by atoms with E-state index in [-0.39, 0.29) is 5.57 Å². The van der Waals surface area contributed by atoms with Crippen molar-refractivity contribution in [2.45, 2.75) is 38.1 Å². The van der Waals surface area contributed by atoms with Crippen molar-refractivity contribution < 1.29 is 19.8 Å². The normalized spacial score (nSPS) is 20.0. The van der Waals surface area contributed by atoms with Crippen LogP contribution in [0.4, 0.5) is 0 Å². The van der Waals surface area contributed by atoms with Crippen molar-refractivity contribution in [3.8, 4) is 5.69 Å². The molecule has 2 atom stereocenters. The highest BCUT2D eigenvalue weighted by molar-refractivity contribution is 5.92. The molecule has 2 aromatic heterocycles. The summed E-state index contributed by atoms with van der Waals surface area (Å²) in [5.41, 5.74) is 3.50. The van der Waals surface area contributed by atoms with Gasteiger partial charge in [0.05, 0.1) is 0 Å². The molecule has 2 aromatic carbocycles. The minimum atomic E-state index is -1.39. The number of nitrogens with one attached hydrogen (secondary N) is 2. The molecule has 0 amide bonds. The van der Waals surface area contributed by atoms with Gasteiger partial charge in [0.15, 0.2) is 0 Å². The summed E-state index contributed by atoms with van der Waals surface area (Å²) in [5.74, 6) is -2.83. The summed E-state index contributed by atoms with van der Waals surface area (Å²) in [6.45, 7) is 5.73. The molecule has 4 aromatic rings. The third kappa shape index (κ3) is 6.93. The number of aliphatic carboxylic acids is 2. The summed E-state index contributed by atoms with van der Waals surface area (Å²) < 4.78 is 1.94. The van der Waals surface area contributed by atoms with Crippen LogP contribution in [0.15, 0.2) is 91.2 Å². The number of carboxylic acid groups (broad SMARTS) is 2. The Bertz CT molecular complexity index is 1590. The molecule has 10 heteroatoms. The number of carbonyl (C=O) groups is 2. The van der Waals surface area contributed by atoms with Gasteiger partial charge < -0.3 is 20.1 Å². The third-order valence-corrected chi connectivity index (χ3v) is 8.42. The molecular weight excluding hydrogens is 544 g/mol. The molecule has 0 radical (unpaired) electrons. The lowest BCUT2D eigenvalue weighted by Gasteiger charge is -2.35. The first-order valence-electron chi connectivity index (χ1n) is 14.7. The van der Waals surface area contributed by atoms with Crippen LogP contribution >= 0.6 is 0 Å². The van der Waals surface area contributed by atoms with Crippen LogP contribution in [0.3, 0.4) is 0 Å².